The molecule has 0 saturated carbocycles. The minimum atomic E-state index is -0.550. The predicted molar refractivity (Wildman–Crippen MR) is 51.0 cm³/mol. The average Bonchev–Trinajstić information content (AvgIpc) is 2.29. The van der Waals surface area contributed by atoms with Gasteiger partial charge in [0.2, 0.25) is 0 Å². The molecule has 2 amide bonds. The van der Waals surface area contributed by atoms with Crippen LogP contribution in [0.2, 0.25) is 0 Å². The monoisotopic (exact) mass is 204 g/mol. The predicted octanol–water partition coefficient (Wildman–Crippen LogP) is -0.0350. The van der Waals surface area contributed by atoms with E-state index in [2.05, 4.69) is 10.2 Å². The van der Waals surface area contributed by atoms with Crippen LogP contribution < -0.4 is 11.3 Å². The molecule has 1 unspecified atom stereocenters. The fourth-order valence-electron chi connectivity index (χ4n) is 1.45. The van der Waals surface area contributed by atoms with Crippen molar-refractivity contribution in [3.05, 3.63) is 35.6 Å². The first-order valence-electron chi connectivity index (χ1n) is 4.29. The largest absolute Gasteiger partial charge is 0.289 e. The number of rotatable bonds is 1. The van der Waals surface area contributed by atoms with Gasteiger partial charge in [0.05, 0.1) is 5.92 Å². The molecule has 0 aromatic rings. The molecule has 6 heteroatoms. The molecule has 0 aromatic heterocycles. The smallest absolute Gasteiger partial charge is 0.286 e. The molecule has 0 fully saturated rings. The molecule has 1 atom stereocenters. The Morgan fingerprint density at radius 3 is 2.93 bits per heavy atom. The molecule has 0 spiro atoms. The van der Waals surface area contributed by atoms with Crippen LogP contribution in [0.15, 0.2) is 45.8 Å². The minimum absolute atomic E-state index is 0.0858. The summed E-state index contributed by atoms with van der Waals surface area (Å²) in [7, 11) is 0. The van der Waals surface area contributed by atoms with Gasteiger partial charge in [0.15, 0.2) is 5.70 Å². The van der Waals surface area contributed by atoms with E-state index in [0.29, 0.717) is 5.57 Å². The average molecular weight is 204 g/mol. The fraction of sp³-hybridized carbons (Fsp3) is 0.111. The summed E-state index contributed by atoms with van der Waals surface area (Å²) >= 11 is 0. The SMILES string of the molecule is NNC(=O)C1=C2C=CC=CC2C(=O)N=N1. The highest BCUT2D eigenvalue weighted by molar-refractivity contribution is 5.98. The molecule has 2 rings (SSSR count). The summed E-state index contributed by atoms with van der Waals surface area (Å²) in [5.74, 6) is 3.56. The Labute approximate surface area is 85.2 Å². The second-order valence-electron chi connectivity index (χ2n) is 3.04. The van der Waals surface area contributed by atoms with E-state index in [9.17, 15) is 9.59 Å². The lowest BCUT2D eigenvalue weighted by Gasteiger charge is -2.18. The van der Waals surface area contributed by atoms with Gasteiger partial charge in [0.1, 0.15) is 0 Å². The lowest BCUT2D eigenvalue weighted by molar-refractivity contribution is -0.120. The van der Waals surface area contributed by atoms with Crippen LogP contribution in [-0.4, -0.2) is 11.8 Å². The zero-order chi connectivity index (χ0) is 10.8. The number of nitrogens with zero attached hydrogens (tertiary/aromatic N) is 2. The van der Waals surface area contributed by atoms with Crippen LogP contribution in [0, 0.1) is 5.92 Å². The number of allylic oxidation sites excluding steroid dienone is 3. The Morgan fingerprint density at radius 1 is 1.40 bits per heavy atom. The Kier molecular flexibility index (Phi) is 2.26. The van der Waals surface area contributed by atoms with Gasteiger partial charge in [-0.25, -0.2) is 5.84 Å². The number of hydrogen-bond acceptors (Lipinski definition) is 4. The van der Waals surface area contributed by atoms with Crippen molar-refractivity contribution < 1.29 is 9.59 Å². The summed E-state index contributed by atoms with van der Waals surface area (Å²) in [5, 5.41) is 6.93. The lowest BCUT2D eigenvalue weighted by Crippen LogP contribution is -2.33. The van der Waals surface area contributed by atoms with Crippen molar-refractivity contribution in [2.24, 2.45) is 22.0 Å². The third-order valence-electron chi connectivity index (χ3n) is 2.16. The number of hydrogen-bond donors (Lipinski definition) is 2. The highest BCUT2D eigenvalue weighted by Crippen LogP contribution is 2.28. The number of amides is 2. The topological polar surface area (TPSA) is 96.9 Å². The molecule has 0 aromatic carbocycles. The summed E-state index contributed by atoms with van der Waals surface area (Å²) in [6, 6.07) is 0. The number of nitrogens with two attached hydrogens (primary N) is 1. The fourth-order valence-corrected chi connectivity index (χ4v) is 1.45. The molecule has 1 aliphatic carbocycles. The van der Waals surface area contributed by atoms with E-state index in [1.54, 1.807) is 24.3 Å². The number of azo groups is 1. The van der Waals surface area contributed by atoms with Gasteiger partial charge in [0, 0.05) is 5.57 Å². The molecule has 1 aliphatic heterocycles. The molecule has 76 valence electrons. The maximum atomic E-state index is 11.3. The summed E-state index contributed by atoms with van der Waals surface area (Å²) < 4.78 is 0. The van der Waals surface area contributed by atoms with Crippen molar-refractivity contribution in [1.29, 1.82) is 0 Å². The zero-order valence-electron chi connectivity index (χ0n) is 7.68. The lowest BCUT2D eigenvalue weighted by atomic mass is 9.91. The van der Waals surface area contributed by atoms with Crippen molar-refractivity contribution >= 4 is 11.8 Å². The third kappa shape index (κ3) is 1.50. The van der Waals surface area contributed by atoms with Crippen LogP contribution in [0.3, 0.4) is 0 Å². The van der Waals surface area contributed by atoms with Crippen LogP contribution in [0.1, 0.15) is 0 Å². The van der Waals surface area contributed by atoms with E-state index < -0.39 is 11.8 Å². The molecular formula is C9H8N4O2. The van der Waals surface area contributed by atoms with Crippen molar-refractivity contribution in [3.63, 3.8) is 0 Å². The highest BCUT2D eigenvalue weighted by Gasteiger charge is 2.29. The molecule has 0 saturated heterocycles. The molecule has 6 nitrogen and oxygen atoms in total. The minimum Gasteiger partial charge on any atom is -0.289 e. The first-order chi connectivity index (χ1) is 7.24. The first-order valence-corrected chi connectivity index (χ1v) is 4.29. The third-order valence-corrected chi connectivity index (χ3v) is 2.16. The molecule has 15 heavy (non-hydrogen) atoms. The number of carbonyl (C=O) groups is 2. The van der Waals surface area contributed by atoms with E-state index in [4.69, 9.17) is 5.84 Å². The Balaban J connectivity index is 2.49. The summed E-state index contributed by atoms with van der Waals surface area (Å²) in [6.07, 6.45) is 6.78. The van der Waals surface area contributed by atoms with Gasteiger partial charge in [-0.1, -0.05) is 24.3 Å². The van der Waals surface area contributed by atoms with Crippen molar-refractivity contribution in [1.82, 2.24) is 5.43 Å². The van der Waals surface area contributed by atoms with Gasteiger partial charge >= 0.3 is 0 Å². The van der Waals surface area contributed by atoms with E-state index in [-0.39, 0.29) is 11.6 Å². The van der Waals surface area contributed by atoms with Crippen molar-refractivity contribution in [3.8, 4) is 0 Å². The molecule has 0 radical (unpaired) electrons. The standard InChI is InChI=1S/C9H8N4O2/c10-11-9(15)7-5-3-1-2-4-6(5)8(14)13-12-7/h1-4,6H,10H2,(H,11,15). The Bertz CT molecular complexity index is 445. The van der Waals surface area contributed by atoms with Gasteiger partial charge in [-0.15, -0.1) is 10.2 Å². The van der Waals surface area contributed by atoms with Crippen molar-refractivity contribution in [2.75, 3.05) is 0 Å². The van der Waals surface area contributed by atoms with Crippen LogP contribution in [0.4, 0.5) is 0 Å². The molecule has 2 aliphatic rings. The maximum absolute atomic E-state index is 11.3. The summed E-state index contributed by atoms with van der Waals surface area (Å²) in [6.45, 7) is 0. The van der Waals surface area contributed by atoms with Gasteiger partial charge in [-0.05, 0) is 0 Å². The molecular weight excluding hydrogens is 196 g/mol. The highest BCUT2D eigenvalue weighted by atomic mass is 16.2. The van der Waals surface area contributed by atoms with E-state index >= 15 is 0 Å². The molecule has 0 bridgehead atoms. The normalized spacial score (nSPS) is 23.0. The second kappa shape index (κ2) is 3.58. The van der Waals surface area contributed by atoms with Crippen LogP contribution in [0.5, 0.6) is 0 Å². The number of fused-ring (bicyclic) bond motifs is 1. The van der Waals surface area contributed by atoms with E-state index in [0.717, 1.165) is 0 Å². The van der Waals surface area contributed by atoms with Gasteiger partial charge < -0.3 is 0 Å². The number of nitrogens with one attached hydrogen (secondary N) is 1. The van der Waals surface area contributed by atoms with Gasteiger partial charge in [-0.2, -0.15) is 0 Å². The van der Waals surface area contributed by atoms with Gasteiger partial charge in [0.25, 0.3) is 11.8 Å². The Hall–Kier alpha value is -2.08. The summed E-state index contributed by atoms with van der Waals surface area (Å²) in [5.41, 5.74) is 2.58. The van der Waals surface area contributed by atoms with E-state index in [1.807, 2.05) is 5.43 Å². The molecule has 1 heterocycles. The van der Waals surface area contributed by atoms with Crippen LogP contribution in [0.25, 0.3) is 0 Å². The zero-order valence-corrected chi connectivity index (χ0v) is 7.68. The van der Waals surface area contributed by atoms with Crippen molar-refractivity contribution in [2.45, 2.75) is 0 Å². The maximum Gasteiger partial charge on any atom is 0.286 e. The Morgan fingerprint density at radius 2 is 2.20 bits per heavy atom. The quantitative estimate of drug-likeness (QED) is 0.356. The van der Waals surface area contributed by atoms with Gasteiger partial charge in [-0.3, -0.25) is 15.0 Å². The number of hydrazine groups is 1. The van der Waals surface area contributed by atoms with E-state index in [1.165, 1.54) is 0 Å². The molecule has 3 N–H and O–H groups in total. The first kappa shape index (κ1) is 9.47. The summed E-state index contributed by atoms with van der Waals surface area (Å²) in [4.78, 5) is 22.7. The van der Waals surface area contributed by atoms with Crippen LogP contribution >= 0.6 is 0 Å². The van der Waals surface area contributed by atoms with Crippen LogP contribution in [-0.2, 0) is 9.59 Å². The number of carbonyl (C=O) groups excluding carboxylic acids is 2. The second-order valence-corrected chi connectivity index (χ2v) is 3.04.